The first kappa shape index (κ1) is 27.9. The molecule has 184 valence electrons. The van der Waals surface area contributed by atoms with Crippen LogP contribution in [-0.4, -0.2) is 90.2 Å². The Labute approximate surface area is 197 Å². The van der Waals surface area contributed by atoms with Gasteiger partial charge in [0.25, 0.3) is 0 Å². The van der Waals surface area contributed by atoms with Crippen molar-refractivity contribution in [2.45, 2.75) is 75.6 Å². The average molecular weight is 486 g/mol. The summed E-state index contributed by atoms with van der Waals surface area (Å²) in [5.41, 5.74) is 0. The highest BCUT2D eigenvalue weighted by Crippen LogP contribution is 2.45. The van der Waals surface area contributed by atoms with Crippen LogP contribution in [0.1, 0.15) is 39.0 Å². The fourth-order valence-electron chi connectivity index (χ4n) is 3.44. The van der Waals surface area contributed by atoms with Gasteiger partial charge in [0.15, 0.2) is 0 Å². The van der Waals surface area contributed by atoms with E-state index >= 15 is 0 Å². The number of nitriles is 1. The number of nitrogens with one attached hydrogen (secondary N) is 1. The molecular formula is C20H32BN2O9P. The lowest BCUT2D eigenvalue weighted by Crippen LogP contribution is -2.32. The van der Waals surface area contributed by atoms with Crippen LogP contribution in [0.4, 0.5) is 0 Å². The molecule has 2 saturated heterocycles. The zero-order valence-corrected chi connectivity index (χ0v) is 20.2. The molecule has 0 aliphatic carbocycles. The maximum atomic E-state index is 12.1. The Morgan fingerprint density at radius 2 is 1.91 bits per heavy atom. The zero-order chi connectivity index (χ0) is 24.2. The lowest BCUT2D eigenvalue weighted by atomic mass is 9.96. The third-order valence-electron chi connectivity index (χ3n) is 5.04. The smallest absolute Gasteiger partial charge is 0.333 e. The van der Waals surface area contributed by atoms with E-state index in [0.717, 1.165) is 0 Å². The lowest BCUT2D eigenvalue weighted by molar-refractivity contribution is -0.153. The summed E-state index contributed by atoms with van der Waals surface area (Å²) in [6.07, 6.45) is -0.677. The standard InChI is InChI=1S/C20H32BN2O9P/c1-13-9-15(16(29-13)11-26-3)32-33(27-8-4-7-22)28-12-17-14(10-18(21)30-17)31-20(25)6-5-19(24)23-2/h13-18H,4-6,8-12H2,1-3H3,(H,23,24)/t13-,14?,15?,16+,17+,18+,33?/m0/s1. The van der Waals surface area contributed by atoms with Gasteiger partial charge in [-0.15, -0.1) is 0 Å². The van der Waals surface area contributed by atoms with Gasteiger partial charge in [-0.3, -0.25) is 9.59 Å². The van der Waals surface area contributed by atoms with E-state index in [9.17, 15) is 9.59 Å². The Hall–Kier alpha value is -1.32. The molecule has 1 amide bonds. The molecule has 11 nitrogen and oxygen atoms in total. The van der Waals surface area contributed by atoms with E-state index in [4.69, 9.17) is 45.6 Å². The van der Waals surface area contributed by atoms with Crippen molar-refractivity contribution in [3.63, 3.8) is 0 Å². The Morgan fingerprint density at radius 1 is 1.15 bits per heavy atom. The zero-order valence-electron chi connectivity index (χ0n) is 19.3. The number of esters is 1. The molecule has 0 aromatic rings. The predicted octanol–water partition coefficient (Wildman–Crippen LogP) is 1.09. The number of hydrogen-bond acceptors (Lipinski definition) is 10. The summed E-state index contributed by atoms with van der Waals surface area (Å²) in [6, 6.07) is 1.40. The molecule has 2 radical (unpaired) electrons. The van der Waals surface area contributed by atoms with Gasteiger partial charge in [0, 0.05) is 39.4 Å². The molecule has 0 aromatic carbocycles. The first-order valence-electron chi connectivity index (χ1n) is 10.9. The second kappa shape index (κ2) is 14.8. The van der Waals surface area contributed by atoms with Gasteiger partial charge in [0.1, 0.15) is 26.2 Å². The van der Waals surface area contributed by atoms with Crippen molar-refractivity contribution in [2.24, 2.45) is 0 Å². The molecule has 2 heterocycles. The van der Waals surface area contributed by atoms with E-state index in [1.54, 1.807) is 7.11 Å². The van der Waals surface area contributed by atoms with Crippen molar-refractivity contribution in [1.29, 1.82) is 5.26 Å². The Bertz CT molecular complexity index is 668. The predicted molar refractivity (Wildman–Crippen MR) is 117 cm³/mol. The molecule has 0 bridgehead atoms. The minimum Gasteiger partial charge on any atom is -0.459 e. The minimum atomic E-state index is -1.83. The van der Waals surface area contributed by atoms with Crippen molar-refractivity contribution < 1.29 is 42.1 Å². The molecule has 0 saturated carbocycles. The third-order valence-corrected chi connectivity index (χ3v) is 6.24. The number of methoxy groups -OCH3 is 1. The van der Waals surface area contributed by atoms with Gasteiger partial charge in [-0.05, 0) is 6.92 Å². The van der Waals surface area contributed by atoms with Crippen LogP contribution in [0.2, 0.25) is 0 Å². The number of nitrogens with zero attached hydrogens (tertiary/aromatic N) is 1. The first-order valence-corrected chi connectivity index (χ1v) is 12.0. The van der Waals surface area contributed by atoms with Crippen LogP contribution in [0.5, 0.6) is 0 Å². The van der Waals surface area contributed by atoms with Crippen molar-refractivity contribution in [3.05, 3.63) is 0 Å². The number of carbonyl (C=O) groups is 2. The number of hydrogen-bond donors (Lipinski definition) is 1. The Balaban J connectivity index is 1.91. The lowest BCUT2D eigenvalue weighted by Gasteiger charge is -2.25. The van der Waals surface area contributed by atoms with Gasteiger partial charge < -0.3 is 37.8 Å². The molecule has 7 atom stereocenters. The summed E-state index contributed by atoms with van der Waals surface area (Å²) >= 11 is 0. The van der Waals surface area contributed by atoms with Crippen LogP contribution in [0, 0.1) is 11.3 Å². The topological polar surface area (TPSA) is 135 Å². The van der Waals surface area contributed by atoms with Gasteiger partial charge in [-0.25, -0.2) is 0 Å². The fraction of sp³-hybridized carbons (Fsp3) is 0.850. The van der Waals surface area contributed by atoms with E-state index in [0.29, 0.717) is 19.4 Å². The van der Waals surface area contributed by atoms with E-state index in [1.807, 2.05) is 13.0 Å². The molecule has 2 fully saturated rings. The Kier molecular flexibility index (Phi) is 12.6. The highest BCUT2D eigenvalue weighted by Gasteiger charge is 2.39. The van der Waals surface area contributed by atoms with Gasteiger partial charge in [0.2, 0.25) is 5.91 Å². The van der Waals surface area contributed by atoms with Crippen LogP contribution in [0.15, 0.2) is 0 Å². The summed E-state index contributed by atoms with van der Waals surface area (Å²) in [4.78, 5) is 23.4. The summed E-state index contributed by atoms with van der Waals surface area (Å²) < 4.78 is 39.7. The van der Waals surface area contributed by atoms with Crippen molar-refractivity contribution in [2.75, 3.05) is 34.0 Å². The largest absolute Gasteiger partial charge is 0.459 e. The molecule has 0 spiro atoms. The van der Waals surface area contributed by atoms with Crippen molar-refractivity contribution in [1.82, 2.24) is 5.32 Å². The van der Waals surface area contributed by atoms with E-state index in [2.05, 4.69) is 5.32 Å². The summed E-state index contributed by atoms with van der Waals surface area (Å²) in [5, 5.41) is 11.3. The van der Waals surface area contributed by atoms with Gasteiger partial charge in [0.05, 0.1) is 50.9 Å². The third kappa shape index (κ3) is 9.83. The van der Waals surface area contributed by atoms with E-state index in [-0.39, 0.29) is 56.7 Å². The van der Waals surface area contributed by atoms with Crippen molar-refractivity contribution >= 4 is 28.3 Å². The summed E-state index contributed by atoms with van der Waals surface area (Å²) in [5.74, 6) is -0.768. The second-order valence-electron chi connectivity index (χ2n) is 7.73. The average Bonchev–Trinajstić information content (AvgIpc) is 3.31. The SMILES string of the molecule is [B][C@H]1CC(OC(=O)CCC(=O)NC)[C@@H](COP(OCCC#N)OC2C[C@H](C)O[C@@H]2COC)O1. The normalized spacial score (nSPS) is 30.0. The van der Waals surface area contributed by atoms with Gasteiger partial charge >= 0.3 is 14.6 Å². The quantitative estimate of drug-likeness (QED) is 0.165. The van der Waals surface area contributed by atoms with Crippen LogP contribution >= 0.6 is 8.60 Å². The van der Waals surface area contributed by atoms with Crippen LogP contribution in [0.3, 0.4) is 0 Å². The number of ether oxygens (including phenoxy) is 4. The van der Waals surface area contributed by atoms with Crippen LogP contribution < -0.4 is 5.32 Å². The maximum absolute atomic E-state index is 12.1. The molecule has 3 unspecified atom stereocenters. The fourth-order valence-corrected chi connectivity index (χ4v) is 4.59. The summed E-state index contributed by atoms with van der Waals surface area (Å²) in [7, 11) is 7.14. The van der Waals surface area contributed by atoms with Crippen molar-refractivity contribution in [3.8, 4) is 6.07 Å². The molecule has 2 rings (SSSR count). The molecule has 1 N–H and O–H groups in total. The first-order chi connectivity index (χ1) is 15.9. The highest BCUT2D eigenvalue weighted by atomic mass is 31.2. The highest BCUT2D eigenvalue weighted by molar-refractivity contribution is 7.41. The summed E-state index contributed by atoms with van der Waals surface area (Å²) in [6.45, 7) is 2.47. The van der Waals surface area contributed by atoms with Crippen LogP contribution in [-0.2, 0) is 42.1 Å². The molecule has 33 heavy (non-hydrogen) atoms. The minimum absolute atomic E-state index is 0.000792. The van der Waals surface area contributed by atoms with E-state index < -0.39 is 32.8 Å². The maximum Gasteiger partial charge on any atom is 0.333 e. The van der Waals surface area contributed by atoms with Crippen LogP contribution in [0.25, 0.3) is 0 Å². The number of rotatable bonds is 14. The number of amides is 1. The van der Waals surface area contributed by atoms with Gasteiger partial charge in [-0.1, -0.05) is 0 Å². The van der Waals surface area contributed by atoms with E-state index in [1.165, 1.54) is 7.05 Å². The molecule has 2 aliphatic heterocycles. The molecule has 0 aromatic heterocycles. The Morgan fingerprint density at radius 3 is 2.61 bits per heavy atom. The molecule has 13 heteroatoms. The second-order valence-corrected chi connectivity index (χ2v) is 8.91. The van der Waals surface area contributed by atoms with Gasteiger partial charge in [-0.2, -0.15) is 5.26 Å². The molecule has 2 aliphatic rings. The number of carbonyl (C=O) groups excluding carboxylic acids is 2. The molecular weight excluding hydrogens is 454 g/mol. The monoisotopic (exact) mass is 486 g/mol.